The number of benzene rings is 2. The summed E-state index contributed by atoms with van der Waals surface area (Å²) >= 11 is 0. The molecule has 0 saturated carbocycles. The second kappa shape index (κ2) is 11.1. The van der Waals surface area contributed by atoms with Crippen molar-refractivity contribution in [2.45, 2.75) is 26.5 Å². The second-order valence-corrected chi connectivity index (χ2v) is 7.14. The molecule has 0 unspecified atom stereocenters. The topological polar surface area (TPSA) is 57.5 Å². The highest BCUT2D eigenvalue weighted by molar-refractivity contribution is 6.08. The summed E-state index contributed by atoms with van der Waals surface area (Å²) in [6.45, 7) is 3.00. The van der Waals surface area contributed by atoms with Crippen LogP contribution in [0.5, 0.6) is 0 Å². The van der Waals surface area contributed by atoms with Crippen molar-refractivity contribution in [2.75, 3.05) is 13.7 Å². The minimum absolute atomic E-state index is 0.0253. The molecule has 160 valence electrons. The fourth-order valence-electron chi connectivity index (χ4n) is 3.16. The number of hydrogen-bond donors (Lipinski definition) is 0. The Kier molecular flexibility index (Phi) is 7.96. The lowest BCUT2D eigenvalue weighted by Gasteiger charge is -2.07. The van der Waals surface area contributed by atoms with Crippen molar-refractivity contribution in [1.82, 2.24) is 4.57 Å². The first kappa shape index (κ1) is 22.2. The molecular formula is C26H27NO4. The Labute approximate surface area is 182 Å². The van der Waals surface area contributed by atoms with Crippen LogP contribution in [0.2, 0.25) is 0 Å². The maximum Gasteiger partial charge on any atom is 0.331 e. The van der Waals surface area contributed by atoms with Crippen molar-refractivity contribution < 1.29 is 19.1 Å². The molecule has 5 heteroatoms. The smallest absolute Gasteiger partial charge is 0.331 e. The van der Waals surface area contributed by atoms with Crippen LogP contribution >= 0.6 is 0 Å². The molecule has 0 amide bonds. The zero-order chi connectivity index (χ0) is 22.1. The summed E-state index contributed by atoms with van der Waals surface area (Å²) in [5.41, 5.74) is 4.62. The third-order valence-electron chi connectivity index (χ3n) is 4.99. The third-order valence-corrected chi connectivity index (χ3v) is 4.99. The molecule has 3 rings (SSSR count). The van der Waals surface area contributed by atoms with Crippen molar-refractivity contribution in [1.29, 1.82) is 0 Å². The van der Waals surface area contributed by atoms with Gasteiger partial charge in [-0.25, -0.2) is 4.79 Å². The Morgan fingerprint density at radius 2 is 1.68 bits per heavy atom. The number of allylic oxidation sites excluding steroid dienone is 1. The van der Waals surface area contributed by atoms with Gasteiger partial charge < -0.3 is 14.0 Å². The number of esters is 1. The molecule has 1 aromatic heterocycles. The van der Waals surface area contributed by atoms with Crippen LogP contribution in [0, 0.1) is 0 Å². The SMILES string of the molecule is CCc1ccc(C(=O)c2cccn2C/C=C/c2ccc(COCC(=O)OC)cc2)cc1. The molecule has 3 aromatic rings. The molecule has 0 N–H and O–H groups in total. The molecule has 0 bridgehead atoms. The molecule has 1 heterocycles. The summed E-state index contributed by atoms with van der Waals surface area (Å²) in [6, 6.07) is 19.4. The van der Waals surface area contributed by atoms with Gasteiger partial charge in [-0.1, -0.05) is 67.6 Å². The van der Waals surface area contributed by atoms with Crippen molar-refractivity contribution in [2.24, 2.45) is 0 Å². The second-order valence-electron chi connectivity index (χ2n) is 7.14. The van der Waals surface area contributed by atoms with Crippen molar-refractivity contribution in [3.05, 3.63) is 101 Å². The quantitative estimate of drug-likeness (QED) is 0.355. The first-order valence-electron chi connectivity index (χ1n) is 10.3. The van der Waals surface area contributed by atoms with Gasteiger partial charge in [0.15, 0.2) is 0 Å². The normalized spacial score (nSPS) is 11.0. The van der Waals surface area contributed by atoms with Gasteiger partial charge in [-0.15, -0.1) is 0 Å². The van der Waals surface area contributed by atoms with Gasteiger partial charge in [-0.05, 0) is 35.2 Å². The highest BCUT2D eigenvalue weighted by atomic mass is 16.6. The van der Waals surface area contributed by atoms with Gasteiger partial charge in [0.05, 0.1) is 19.4 Å². The number of hydrogen-bond acceptors (Lipinski definition) is 4. The van der Waals surface area contributed by atoms with Gasteiger partial charge in [-0.3, -0.25) is 4.79 Å². The first-order chi connectivity index (χ1) is 15.1. The van der Waals surface area contributed by atoms with Crippen LogP contribution in [0.3, 0.4) is 0 Å². The molecule has 0 saturated heterocycles. The molecule has 2 aromatic carbocycles. The van der Waals surface area contributed by atoms with Gasteiger partial charge in [-0.2, -0.15) is 0 Å². The number of aromatic nitrogens is 1. The van der Waals surface area contributed by atoms with E-state index >= 15 is 0 Å². The Bertz CT molecular complexity index is 1030. The van der Waals surface area contributed by atoms with Crippen LogP contribution in [0.25, 0.3) is 6.08 Å². The highest BCUT2D eigenvalue weighted by Gasteiger charge is 2.12. The summed E-state index contributed by atoms with van der Waals surface area (Å²) < 4.78 is 11.8. The lowest BCUT2D eigenvalue weighted by Crippen LogP contribution is -2.09. The largest absolute Gasteiger partial charge is 0.467 e. The van der Waals surface area contributed by atoms with Gasteiger partial charge in [0.25, 0.3) is 0 Å². The number of aryl methyl sites for hydroxylation is 1. The maximum atomic E-state index is 12.9. The predicted octanol–water partition coefficient (Wildman–Crippen LogP) is 4.68. The van der Waals surface area contributed by atoms with Crippen molar-refractivity contribution in [3.8, 4) is 0 Å². The van der Waals surface area contributed by atoms with E-state index in [4.69, 9.17) is 4.74 Å². The van der Waals surface area contributed by atoms with E-state index < -0.39 is 0 Å². The lowest BCUT2D eigenvalue weighted by atomic mass is 10.0. The molecule has 31 heavy (non-hydrogen) atoms. The van der Waals surface area contributed by atoms with E-state index in [0.29, 0.717) is 24.4 Å². The number of rotatable bonds is 10. The number of nitrogens with zero attached hydrogens (tertiary/aromatic N) is 1. The third kappa shape index (κ3) is 6.27. The van der Waals surface area contributed by atoms with Crippen LogP contribution in [-0.4, -0.2) is 30.0 Å². The zero-order valence-corrected chi connectivity index (χ0v) is 17.9. The van der Waals surface area contributed by atoms with E-state index in [1.54, 1.807) is 0 Å². The van der Waals surface area contributed by atoms with E-state index in [2.05, 4.69) is 11.7 Å². The fourth-order valence-corrected chi connectivity index (χ4v) is 3.16. The van der Waals surface area contributed by atoms with Gasteiger partial charge in [0.2, 0.25) is 5.78 Å². The molecular weight excluding hydrogens is 390 g/mol. The van der Waals surface area contributed by atoms with E-state index in [1.807, 2.05) is 83.6 Å². The minimum atomic E-state index is -0.389. The number of carbonyl (C=O) groups is 2. The molecule has 0 aliphatic rings. The average molecular weight is 418 g/mol. The van der Waals surface area contributed by atoms with Crippen molar-refractivity contribution >= 4 is 17.8 Å². The zero-order valence-electron chi connectivity index (χ0n) is 17.9. The van der Waals surface area contributed by atoms with Gasteiger partial charge >= 0.3 is 5.97 Å². The van der Waals surface area contributed by atoms with Gasteiger partial charge in [0, 0.05) is 18.3 Å². The van der Waals surface area contributed by atoms with E-state index in [0.717, 1.165) is 17.5 Å². The maximum absolute atomic E-state index is 12.9. The predicted molar refractivity (Wildman–Crippen MR) is 121 cm³/mol. The number of methoxy groups -OCH3 is 1. The van der Waals surface area contributed by atoms with E-state index in [-0.39, 0.29) is 18.4 Å². The molecule has 0 spiro atoms. The number of ketones is 1. The van der Waals surface area contributed by atoms with E-state index in [9.17, 15) is 9.59 Å². The average Bonchev–Trinajstić information content (AvgIpc) is 3.28. The lowest BCUT2D eigenvalue weighted by molar-refractivity contribution is -0.146. The van der Waals surface area contributed by atoms with Crippen LogP contribution in [0.15, 0.2) is 72.9 Å². The van der Waals surface area contributed by atoms with Crippen LogP contribution < -0.4 is 0 Å². The molecule has 0 radical (unpaired) electrons. The fraction of sp³-hybridized carbons (Fsp3) is 0.231. The number of carbonyl (C=O) groups excluding carboxylic acids is 2. The highest BCUT2D eigenvalue weighted by Crippen LogP contribution is 2.14. The molecule has 5 nitrogen and oxygen atoms in total. The van der Waals surface area contributed by atoms with E-state index in [1.165, 1.54) is 12.7 Å². The number of ether oxygens (including phenoxy) is 2. The summed E-state index contributed by atoms with van der Waals surface area (Å²) in [4.78, 5) is 23.9. The molecule has 0 aliphatic heterocycles. The van der Waals surface area contributed by atoms with Crippen LogP contribution in [-0.2, 0) is 33.8 Å². The molecule has 0 aliphatic carbocycles. The molecule has 0 fully saturated rings. The van der Waals surface area contributed by atoms with Gasteiger partial charge in [0.1, 0.15) is 6.61 Å². The summed E-state index contributed by atoms with van der Waals surface area (Å²) in [7, 11) is 1.34. The van der Waals surface area contributed by atoms with Crippen LogP contribution in [0.4, 0.5) is 0 Å². The Morgan fingerprint density at radius 3 is 2.35 bits per heavy atom. The summed E-state index contributed by atoms with van der Waals surface area (Å²) in [5, 5.41) is 0. The van der Waals surface area contributed by atoms with Crippen LogP contribution in [0.1, 0.15) is 39.7 Å². The summed E-state index contributed by atoms with van der Waals surface area (Å²) in [6.07, 6.45) is 6.92. The monoisotopic (exact) mass is 417 g/mol. The Balaban J connectivity index is 1.57. The standard InChI is InChI=1S/C26H27NO4/c1-3-20-12-14-23(15-13-20)26(29)24-7-5-17-27(24)16-4-6-21-8-10-22(11-9-21)18-31-19-25(28)30-2/h4-15,17H,3,16,18-19H2,1-2H3/b6-4+. The molecule has 0 atom stereocenters. The minimum Gasteiger partial charge on any atom is -0.467 e. The summed E-state index contributed by atoms with van der Waals surface area (Å²) in [5.74, 6) is -0.363. The first-order valence-corrected chi connectivity index (χ1v) is 10.3. The Morgan fingerprint density at radius 1 is 0.968 bits per heavy atom. The Hall–Kier alpha value is -3.44. The van der Waals surface area contributed by atoms with Crippen molar-refractivity contribution in [3.63, 3.8) is 0 Å².